The first-order chi connectivity index (χ1) is 9.22. The standard InChI is InChI=1S/C15H25N3O/c1-12(2)19-11-13-6-7-17-15-14(13)5-4-9-18(15)10-8-16-3/h6-7,12,16H,4-5,8-11H2,1-3H3. The minimum atomic E-state index is 0.271. The number of ether oxygens (including phenoxy) is 1. The number of anilines is 1. The number of nitrogens with zero attached hydrogens (tertiary/aromatic N) is 2. The minimum absolute atomic E-state index is 0.271. The van der Waals surface area contributed by atoms with Gasteiger partial charge in [-0.05, 0) is 45.4 Å². The molecule has 0 atom stereocenters. The van der Waals surface area contributed by atoms with Crippen LogP contribution in [0.15, 0.2) is 12.3 Å². The van der Waals surface area contributed by atoms with Gasteiger partial charge in [0.05, 0.1) is 12.7 Å². The maximum absolute atomic E-state index is 5.75. The average Bonchev–Trinajstić information content (AvgIpc) is 2.42. The van der Waals surface area contributed by atoms with Gasteiger partial charge in [-0.3, -0.25) is 0 Å². The van der Waals surface area contributed by atoms with Crippen molar-refractivity contribution in [2.75, 3.05) is 31.6 Å². The molecule has 2 heterocycles. The summed E-state index contributed by atoms with van der Waals surface area (Å²) < 4.78 is 5.75. The molecule has 0 spiro atoms. The minimum Gasteiger partial charge on any atom is -0.374 e. The third-order valence-electron chi connectivity index (χ3n) is 3.49. The molecular formula is C15H25N3O. The Morgan fingerprint density at radius 3 is 3.05 bits per heavy atom. The van der Waals surface area contributed by atoms with Crippen LogP contribution in [0.4, 0.5) is 5.82 Å². The molecule has 0 aliphatic carbocycles. The first kappa shape index (κ1) is 14.3. The summed E-state index contributed by atoms with van der Waals surface area (Å²) in [6.45, 7) is 7.97. The number of nitrogens with one attached hydrogen (secondary N) is 1. The Morgan fingerprint density at radius 2 is 2.32 bits per heavy atom. The second-order valence-electron chi connectivity index (χ2n) is 5.33. The largest absolute Gasteiger partial charge is 0.374 e. The van der Waals surface area contributed by atoms with Gasteiger partial charge in [0, 0.05) is 31.4 Å². The number of aromatic nitrogens is 1. The summed E-state index contributed by atoms with van der Waals surface area (Å²) in [5.41, 5.74) is 2.68. The Morgan fingerprint density at radius 1 is 1.47 bits per heavy atom. The van der Waals surface area contributed by atoms with Gasteiger partial charge in [0.25, 0.3) is 0 Å². The predicted molar refractivity (Wildman–Crippen MR) is 78.6 cm³/mol. The fraction of sp³-hybridized carbons (Fsp3) is 0.667. The highest BCUT2D eigenvalue weighted by Gasteiger charge is 2.20. The molecule has 1 aromatic rings. The normalized spacial score (nSPS) is 14.8. The van der Waals surface area contributed by atoms with E-state index in [4.69, 9.17) is 4.74 Å². The first-order valence-electron chi connectivity index (χ1n) is 7.20. The van der Waals surface area contributed by atoms with Crippen molar-refractivity contribution >= 4 is 5.82 Å². The van der Waals surface area contributed by atoms with Crippen LogP contribution in [0.2, 0.25) is 0 Å². The van der Waals surface area contributed by atoms with Crippen molar-refractivity contribution in [1.29, 1.82) is 0 Å². The summed E-state index contributed by atoms with van der Waals surface area (Å²) in [6.07, 6.45) is 4.51. The summed E-state index contributed by atoms with van der Waals surface area (Å²) in [5, 5.41) is 3.21. The zero-order chi connectivity index (χ0) is 13.7. The molecule has 4 nitrogen and oxygen atoms in total. The van der Waals surface area contributed by atoms with Crippen molar-refractivity contribution in [3.63, 3.8) is 0 Å². The number of hydrogen-bond acceptors (Lipinski definition) is 4. The number of fused-ring (bicyclic) bond motifs is 1. The van der Waals surface area contributed by atoms with Crippen LogP contribution in [0, 0.1) is 0 Å². The van der Waals surface area contributed by atoms with Gasteiger partial charge in [-0.15, -0.1) is 0 Å². The fourth-order valence-corrected chi connectivity index (χ4v) is 2.47. The zero-order valence-electron chi connectivity index (χ0n) is 12.3. The highest BCUT2D eigenvalue weighted by atomic mass is 16.5. The quantitative estimate of drug-likeness (QED) is 0.851. The van der Waals surface area contributed by atoms with Crippen LogP contribution in [0.1, 0.15) is 31.4 Å². The monoisotopic (exact) mass is 263 g/mol. The molecule has 4 heteroatoms. The third-order valence-corrected chi connectivity index (χ3v) is 3.49. The van der Waals surface area contributed by atoms with Gasteiger partial charge in [0.2, 0.25) is 0 Å². The average molecular weight is 263 g/mol. The molecule has 0 bridgehead atoms. The number of likely N-dealkylation sites (N-methyl/N-ethyl adjacent to an activating group) is 1. The van der Waals surface area contributed by atoms with Crippen molar-refractivity contribution in [1.82, 2.24) is 10.3 Å². The number of pyridine rings is 1. The van der Waals surface area contributed by atoms with E-state index in [0.29, 0.717) is 6.61 Å². The van der Waals surface area contributed by atoms with E-state index < -0.39 is 0 Å². The Hall–Kier alpha value is -1.13. The molecule has 0 saturated carbocycles. The Bertz CT molecular complexity index is 406. The summed E-state index contributed by atoms with van der Waals surface area (Å²) in [6, 6.07) is 2.10. The number of hydrogen-bond donors (Lipinski definition) is 1. The topological polar surface area (TPSA) is 37.4 Å². The van der Waals surface area contributed by atoms with Crippen LogP contribution >= 0.6 is 0 Å². The highest BCUT2D eigenvalue weighted by Crippen LogP contribution is 2.27. The summed E-state index contributed by atoms with van der Waals surface area (Å²) >= 11 is 0. The predicted octanol–water partition coefficient (Wildman–Crippen LogP) is 1.98. The van der Waals surface area contributed by atoms with Crippen LogP contribution in [-0.2, 0) is 17.8 Å². The zero-order valence-corrected chi connectivity index (χ0v) is 12.3. The van der Waals surface area contributed by atoms with Crippen LogP contribution in [0.25, 0.3) is 0 Å². The lowest BCUT2D eigenvalue weighted by Crippen LogP contribution is -2.36. The van der Waals surface area contributed by atoms with Crippen LogP contribution in [0.5, 0.6) is 0 Å². The van der Waals surface area contributed by atoms with Gasteiger partial charge < -0.3 is 15.0 Å². The van der Waals surface area contributed by atoms with Gasteiger partial charge >= 0.3 is 0 Å². The molecule has 1 aliphatic rings. The summed E-state index contributed by atoms with van der Waals surface area (Å²) in [5.74, 6) is 1.16. The van der Waals surface area contributed by atoms with E-state index in [2.05, 4.69) is 35.1 Å². The van der Waals surface area contributed by atoms with Crippen molar-refractivity contribution in [3.8, 4) is 0 Å². The SMILES string of the molecule is CNCCN1CCCc2c(COC(C)C)ccnc21. The Labute approximate surface area is 116 Å². The molecule has 0 amide bonds. The fourth-order valence-electron chi connectivity index (χ4n) is 2.47. The summed E-state index contributed by atoms with van der Waals surface area (Å²) in [4.78, 5) is 6.97. The van der Waals surface area contributed by atoms with E-state index in [-0.39, 0.29) is 6.10 Å². The van der Waals surface area contributed by atoms with E-state index in [9.17, 15) is 0 Å². The third kappa shape index (κ3) is 3.67. The van der Waals surface area contributed by atoms with Crippen LogP contribution in [0.3, 0.4) is 0 Å². The van der Waals surface area contributed by atoms with Crippen LogP contribution < -0.4 is 10.2 Å². The molecular weight excluding hydrogens is 238 g/mol. The van der Waals surface area contributed by atoms with Gasteiger partial charge in [-0.1, -0.05) is 0 Å². The molecule has 0 radical (unpaired) electrons. The molecule has 106 valence electrons. The lowest BCUT2D eigenvalue weighted by Gasteiger charge is -2.31. The van der Waals surface area contributed by atoms with E-state index in [1.54, 1.807) is 0 Å². The van der Waals surface area contributed by atoms with Gasteiger partial charge in [-0.2, -0.15) is 0 Å². The molecule has 1 N–H and O–H groups in total. The van der Waals surface area contributed by atoms with E-state index in [1.807, 2.05) is 13.2 Å². The van der Waals surface area contributed by atoms with Crippen molar-refractivity contribution in [2.24, 2.45) is 0 Å². The maximum Gasteiger partial charge on any atom is 0.132 e. The molecule has 1 aromatic heterocycles. The van der Waals surface area contributed by atoms with Crippen molar-refractivity contribution < 1.29 is 4.74 Å². The van der Waals surface area contributed by atoms with Crippen molar-refractivity contribution in [2.45, 2.75) is 39.4 Å². The molecule has 0 aromatic carbocycles. The smallest absolute Gasteiger partial charge is 0.132 e. The second-order valence-corrected chi connectivity index (χ2v) is 5.33. The molecule has 0 unspecified atom stereocenters. The molecule has 0 fully saturated rings. The Balaban J connectivity index is 2.15. The van der Waals surface area contributed by atoms with Crippen LogP contribution in [-0.4, -0.2) is 37.8 Å². The molecule has 0 saturated heterocycles. The number of rotatable bonds is 6. The van der Waals surface area contributed by atoms with E-state index in [0.717, 1.165) is 31.9 Å². The second kappa shape index (κ2) is 6.87. The lowest BCUT2D eigenvalue weighted by molar-refractivity contribution is 0.0652. The van der Waals surface area contributed by atoms with Crippen molar-refractivity contribution in [3.05, 3.63) is 23.4 Å². The van der Waals surface area contributed by atoms with E-state index >= 15 is 0 Å². The summed E-state index contributed by atoms with van der Waals surface area (Å²) in [7, 11) is 1.99. The van der Waals surface area contributed by atoms with Gasteiger partial charge in [-0.25, -0.2) is 4.98 Å². The molecule has 2 rings (SSSR count). The van der Waals surface area contributed by atoms with E-state index in [1.165, 1.54) is 17.5 Å². The lowest BCUT2D eigenvalue weighted by atomic mass is 10.0. The van der Waals surface area contributed by atoms with Gasteiger partial charge in [0.1, 0.15) is 5.82 Å². The Kier molecular flexibility index (Phi) is 5.16. The maximum atomic E-state index is 5.75. The van der Waals surface area contributed by atoms with Gasteiger partial charge in [0.15, 0.2) is 0 Å². The first-order valence-corrected chi connectivity index (χ1v) is 7.20. The molecule has 19 heavy (non-hydrogen) atoms. The molecule has 1 aliphatic heterocycles. The highest BCUT2D eigenvalue weighted by molar-refractivity contribution is 5.52.